The summed E-state index contributed by atoms with van der Waals surface area (Å²) in [4.78, 5) is 0. The summed E-state index contributed by atoms with van der Waals surface area (Å²) in [6.45, 7) is 5.77. The summed E-state index contributed by atoms with van der Waals surface area (Å²) in [6.07, 6.45) is 3.36. The van der Waals surface area contributed by atoms with Crippen LogP contribution in [0, 0.1) is 6.92 Å². The second kappa shape index (κ2) is 8.10. The number of aryl methyl sites for hydroxylation is 1. The topological polar surface area (TPSA) is 45.7 Å². The first kappa shape index (κ1) is 15.9. The van der Waals surface area contributed by atoms with Crippen molar-refractivity contribution in [2.24, 2.45) is 5.10 Å². The molecule has 4 nitrogen and oxygen atoms in total. The van der Waals surface area contributed by atoms with Crippen LogP contribution >= 0.6 is 12.2 Å². The molecule has 21 heavy (non-hydrogen) atoms. The van der Waals surface area contributed by atoms with Crippen LogP contribution in [0.25, 0.3) is 0 Å². The van der Waals surface area contributed by atoms with Crippen molar-refractivity contribution in [3.05, 3.63) is 35.4 Å². The van der Waals surface area contributed by atoms with Crippen LogP contribution in [0.1, 0.15) is 37.3 Å². The summed E-state index contributed by atoms with van der Waals surface area (Å²) in [5.41, 5.74) is 6.29. The van der Waals surface area contributed by atoms with Gasteiger partial charge in [0.05, 0.1) is 11.8 Å². The Morgan fingerprint density at radius 1 is 1.38 bits per heavy atom. The lowest BCUT2D eigenvalue weighted by Gasteiger charge is -2.12. The molecule has 0 aliphatic carbocycles. The SMILES string of the molecule is CC/C(=N/NC(=S)NC[C@H]1CCCO1)c1ccc(C)cc1. The summed E-state index contributed by atoms with van der Waals surface area (Å²) in [7, 11) is 0. The van der Waals surface area contributed by atoms with Gasteiger partial charge in [0.25, 0.3) is 0 Å². The Morgan fingerprint density at radius 2 is 2.14 bits per heavy atom. The lowest BCUT2D eigenvalue weighted by atomic mass is 10.1. The van der Waals surface area contributed by atoms with Gasteiger partial charge in [-0.3, -0.25) is 5.43 Å². The van der Waals surface area contributed by atoms with Crippen molar-refractivity contribution in [3.63, 3.8) is 0 Å². The Morgan fingerprint density at radius 3 is 2.76 bits per heavy atom. The van der Waals surface area contributed by atoms with Crippen molar-refractivity contribution in [1.82, 2.24) is 10.7 Å². The maximum absolute atomic E-state index is 5.54. The molecule has 1 fully saturated rings. The molecule has 1 aromatic rings. The van der Waals surface area contributed by atoms with E-state index in [1.807, 2.05) is 0 Å². The highest BCUT2D eigenvalue weighted by Gasteiger charge is 2.15. The second-order valence-electron chi connectivity index (χ2n) is 5.23. The van der Waals surface area contributed by atoms with Gasteiger partial charge < -0.3 is 10.1 Å². The largest absolute Gasteiger partial charge is 0.376 e. The van der Waals surface area contributed by atoms with Crippen molar-refractivity contribution < 1.29 is 4.74 Å². The summed E-state index contributed by atoms with van der Waals surface area (Å²) in [6, 6.07) is 8.35. The van der Waals surface area contributed by atoms with Gasteiger partial charge in [-0.05, 0) is 44.0 Å². The number of nitrogens with one attached hydrogen (secondary N) is 2. The lowest BCUT2D eigenvalue weighted by molar-refractivity contribution is 0.114. The summed E-state index contributed by atoms with van der Waals surface area (Å²) < 4.78 is 5.54. The molecule has 0 bridgehead atoms. The number of nitrogens with zero attached hydrogens (tertiary/aromatic N) is 1. The number of thiocarbonyl (C=S) groups is 1. The summed E-state index contributed by atoms with van der Waals surface area (Å²) in [5, 5.41) is 8.11. The van der Waals surface area contributed by atoms with Gasteiger partial charge in [-0.15, -0.1) is 0 Å². The van der Waals surface area contributed by atoms with Crippen LogP contribution in [0.3, 0.4) is 0 Å². The van der Waals surface area contributed by atoms with Crippen LogP contribution in [-0.2, 0) is 4.74 Å². The Kier molecular flexibility index (Phi) is 6.14. The zero-order chi connectivity index (χ0) is 15.1. The Balaban J connectivity index is 1.84. The minimum absolute atomic E-state index is 0.275. The zero-order valence-electron chi connectivity index (χ0n) is 12.7. The van der Waals surface area contributed by atoms with E-state index >= 15 is 0 Å². The van der Waals surface area contributed by atoms with E-state index in [-0.39, 0.29) is 6.10 Å². The number of hydrogen-bond acceptors (Lipinski definition) is 3. The van der Waals surface area contributed by atoms with E-state index in [4.69, 9.17) is 17.0 Å². The fourth-order valence-corrected chi connectivity index (χ4v) is 2.39. The molecule has 1 aliphatic heterocycles. The number of rotatable bonds is 5. The molecule has 0 unspecified atom stereocenters. The van der Waals surface area contributed by atoms with Crippen LogP contribution in [0.5, 0.6) is 0 Å². The number of hydrazone groups is 1. The van der Waals surface area contributed by atoms with Gasteiger partial charge in [0, 0.05) is 13.2 Å². The van der Waals surface area contributed by atoms with E-state index in [1.54, 1.807) is 0 Å². The quantitative estimate of drug-likeness (QED) is 0.499. The van der Waals surface area contributed by atoms with Crippen molar-refractivity contribution >= 4 is 23.0 Å². The number of ether oxygens (including phenoxy) is 1. The molecule has 1 aromatic carbocycles. The summed E-state index contributed by atoms with van der Waals surface area (Å²) >= 11 is 5.24. The number of benzene rings is 1. The van der Waals surface area contributed by atoms with Crippen molar-refractivity contribution in [1.29, 1.82) is 0 Å². The average molecular weight is 305 g/mol. The molecule has 114 valence electrons. The summed E-state index contributed by atoms with van der Waals surface area (Å²) in [5.74, 6) is 0. The molecule has 1 atom stereocenters. The monoisotopic (exact) mass is 305 g/mol. The normalized spacial score (nSPS) is 18.6. The maximum atomic E-state index is 5.54. The molecule has 1 heterocycles. The second-order valence-corrected chi connectivity index (χ2v) is 5.64. The molecule has 1 saturated heterocycles. The smallest absolute Gasteiger partial charge is 0.187 e. The first-order valence-electron chi connectivity index (χ1n) is 7.48. The van der Waals surface area contributed by atoms with Gasteiger partial charge in [0.2, 0.25) is 0 Å². The molecule has 0 spiro atoms. The van der Waals surface area contributed by atoms with E-state index in [0.29, 0.717) is 5.11 Å². The molecule has 2 rings (SSSR count). The van der Waals surface area contributed by atoms with Gasteiger partial charge in [-0.2, -0.15) is 5.10 Å². The standard InChI is InChI=1S/C16H23N3OS/c1-3-15(13-8-6-12(2)7-9-13)18-19-16(21)17-11-14-5-4-10-20-14/h6-9,14H,3-5,10-11H2,1-2H3,(H2,17,19,21)/b18-15-/t14-/m1/s1. The first-order valence-corrected chi connectivity index (χ1v) is 7.89. The molecule has 1 aliphatic rings. The zero-order valence-corrected chi connectivity index (χ0v) is 13.5. The molecule has 0 aromatic heterocycles. The van der Waals surface area contributed by atoms with Gasteiger partial charge in [-0.25, -0.2) is 0 Å². The third-order valence-corrected chi connectivity index (χ3v) is 3.76. The van der Waals surface area contributed by atoms with E-state index in [9.17, 15) is 0 Å². The van der Waals surface area contributed by atoms with Crippen LogP contribution in [0.15, 0.2) is 29.4 Å². The highest BCUT2D eigenvalue weighted by Crippen LogP contribution is 2.10. The molecule has 0 radical (unpaired) electrons. The van der Waals surface area contributed by atoms with Gasteiger partial charge in [0.1, 0.15) is 0 Å². The molecular weight excluding hydrogens is 282 g/mol. The average Bonchev–Trinajstić information content (AvgIpc) is 3.01. The van der Waals surface area contributed by atoms with Crippen LogP contribution < -0.4 is 10.7 Å². The van der Waals surface area contributed by atoms with E-state index in [1.165, 1.54) is 5.56 Å². The van der Waals surface area contributed by atoms with Crippen molar-refractivity contribution in [3.8, 4) is 0 Å². The first-order chi connectivity index (χ1) is 10.2. The fourth-order valence-electron chi connectivity index (χ4n) is 2.26. The minimum Gasteiger partial charge on any atom is -0.376 e. The minimum atomic E-state index is 0.275. The van der Waals surface area contributed by atoms with E-state index in [2.05, 4.69) is 54.0 Å². The predicted molar refractivity (Wildman–Crippen MR) is 90.7 cm³/mol. The highest BCUT2D eigenvalue weighted by atomic mass is 32.1. The third-order valence-electron chi connectivity index (χ3n) is 3.53. The molecule has 5 heteroatoms. The van der Waals surface area contributed by atoms with Gasteiger partial charge in [-0.1, -0.05) is 36.8 Å². The van der Waals surface area contributed by atoms with E-state index in [0.717, 1.165) is 43.7 Å². The molecular formula is C16H23N3OS. The third kappa shape index (κ3) is 5.10. The van der Waals surface area contributed by atoms with Crippen molar-refractivity contribution in [2.45, 2.75) is 39.2 Å². The molecule has 0 amide bonds. The Hall–Kier alpha value is -1.46. The van der Waals surface area contributed by atoms with E-state index < -0.39 is 0 Å². The Labute approximate surface area is 132 Å². The molecule has 0 saturated carbocycles. The Bertz CT molecular complexity index is 493. The lowest BCUT2D eigenvalue weighted by Crippen LogP contribution is -2.37. The fraction of sp³-hybridized carbons (Fsp3) is 0.500. The van der Waals surface area contributed by atoms with Gasteiger partial charge in [0.15, 0.2) is 5.11 Å². The van der Waals surface area contributed by atoms with Crippen LogP contribution in [-0.4, -0.2) is 30.1 Å². The van der Waals surface area contributed by atoms with Crippen molar-refractivity contribution in [2.75, 3.05) is 13.2 Å². The van der Waals surface area contributed by atoms with Crippen LogP contribution in [0.4, 0.5) is 0 Å². The molecule has 2 N–H and O–H groups in total. The van der Waals surface area contributed by atoms with Gasteiger partial charge >= 0.3 is 0 Å². The predicted octanol–water partition coefficient (Wildman–Crippen LogP) is 2.75. The highest BCUT2D eigenvalue weighted by molar-refractivity contribution is 7.80. The van der Waals surface area contributed by atoms with Crippen LogP contribution in [0.2, 0.25) is 0 Å². The number of hydrogen-bond donors (Lipinski definition) is 2. The maximum Gasteiger partial charge on any atom is 0.187 e.